The van der Waals surface area contributed by atoms with Gasteiger partial charge in [0.05, 0.1) is 0 Å². The normalized spacial score (nSPS) is 28.4. The number of aryl methyl sites for hydroxylation is 1. The van der Waals surface area contributed by atoms with Crippen LogP contribution in [0.5, 0.6) is 5.75 Å². The molecule has 19 heavy (non-hydrogen) atoms. The molecule has 1 spiro atoms. The summed E-state index contributed by atoms with van der Waals surface area (Å²) in [6.07, 6.45) is 6.89. The van der Waals surface area contributed by atoms with Gasteiger partial charge < -0.3 is 10.1 Å². The van der Waals surface area contributed by atoms with Crippen molar-refractivity contribution < 1.29 is 4.74 Å². The third-order valence-corrected chi connectivity index (χ3v) is 5.57. The molecular formula is C16H22BrNO. The first kappa shape index (κ1) is 13.4. The number of halogens is 1. The zero-order chi connectivity index (χ0) is 13.5. The molecule has 1 aromatic rings. The highest BCUT2D eigenvalue weighted by atomic mass is 79.9. The molecule has 0 aliphatic heterocycles. The van der Waals surface area contributed by atoms with Crippen LogP contribution < -0.4 is 10.1 Å². The number of hydrogen-bond acceptors (Lipinski definition) is 2. The van der Waals surface area contributed by atoms with Crippen LogP contribution in [0.4, 0.5) is 0 Å². The van der Waals surface area contributed by atoms with Crippen LogP contribution in [0, 0.1) is 12.3 Å². The molecule has 0 aromatic heterocycles. The predicted octanol–water partition coefficient (Wildman–Crippen LogP) is 4.06. The predicted molar refractivity (Wildman–Crippen MR) is 81.7 cm³/mol. The zero-order valence-electron chi connectivity index (χ0n) is 11.7. The lowest BCUT2D eigenvalue weighted by Crippen LogP contribution is -2.63. The summed E-state index contributed by atoms with van der Waals surface area (Å²) in [6, 6.07) is 6.94. The fourth-order valence-electron chi connectivity index (χ4n) is 3.92. The summed E-state index contributed by atoms with van der Waals surface area (Å²) in [5, 5.41) is 3.49. The molecule has 0 saturated heterocycles. The van der Waals surface area contributed by atoms with Crippen molar-refractivity contribution in [3.05, 3.63) is 28.2 Å². The standard InChI is InChI=1S/C16H22BrNO/c1-11-9-12(17)5-6-13(11)19-15-10-14(18-2)16(15)7-3-4-8-16/h5-6,9,14-15,18H,3-4,7-8,10H2,1-2H3. The Balaban J connectivity index is 1.77. The van der Waals surface area contributed by atoms with Gasteiger partial charge in [-0.25, -0.2) is 0 Å². The average molecular weight is 324 g/mol. The molecule has 1 aromatic carbocycles. The lowest BCUT2D eigenvalue weighted by Gasteiger charge is -2.53. The third-order valence-electron chi connectivity index (χ3n) is 5.07. The van der Waals surface area contributed by atoms with Crippen LogP contribution in [-0.4, -0.2) is 19.2 Å². The lowest BCUT2D eigenvalue weighted by atomic mass is 9.60. The molecule has 2 unspecified atom stereocenters. The Kier molecular flexibility index (Phi) is 3.61. The van der Waals surface area contributed by atoms with Crippen molar-refractivity contribution in [2.75, 3.05) is 7.05 Å². The molecule has 104 valence electrons. The quantitative estimate of drug-likeness (QED) is 0.905. The second-order valence-electron chi connectivity index (χ2n) is 6.03. The van der Waals surface area contributed by atoms with Gasteiger partial charge in [0.25, 0.3) is 0 Å². The van der Waals surface area contributed by atoms with Crippen molar-refractivity contribution >= 4 is 15.9 Å². The summed E-state index contributed by atoms with van der Waals surface area (Å²) in [5.41, 5.74) is 1.62. The van der Waals surface area contributed by atoms with Gasteiger partial charge in [0.2, 0.25) is 0 Å². The Hall–Kier alpha value is -0.540. The zero-order valence-corrected chi connectivity index (χ0v) is 13.3. The third kappa shape index (κ3) is 2.21. The first-order valence-electron chi connectivity index (χ1n) is 7.26. The molecule has 0 radical (unpaired) electrons. The molecule has 3 rings (SSSR count). The van der Waals surface area contributed by atoms with E-state index in [0.717, 1.165) is 16.6 Å². The molecule has 2 saturated carbocycles. The van der Waals surface area contributed by atoms with E-state index in [9.17, 15) is 0 Å². The summed E-state index contributed by atoms with van der Waals surface area (Å²) in [5.74, 6) is 1.05. The Morgan fingerprint density at radius 3 is 2.68 bits per heavy atom. The molecule has 2 atom stereocenters. The minimum Gasteiger partial charge on any atom is -0.489 e. The number of ether oxygens (including phenoxy) is 1. The van der Waals surface area contributed by atoms with Gasteiger partial charge in [-0.15, -0.1) is 0 Å². The largest absolute Gasteiger partial charge is 0.489 e. The summed E-state index contributed by atoms with van der Waals surface area (Å²) in [7, 11) is 2.09. The van der Waals surface area contributed by atoms with E-state index in [4.69, 9.17) is 4.74 Å². The van der Waals surface area contributed by atoms with Crippen molar-refractivity contribution in [3.63, 3.8) is 0 Å². The van der Waals surface area contributed by atoms with E-state index < -0.39 is 0 Å². The number of nitrogens with one attached hydrogen (secondary N) is 1. The molecule has 0 heterocycles. The maximum absolute atomic E-state index is 6.35. The van der Waals surface area contributed by atoms with E-state index in [1.54, 1.807) is 0 Å². The van der Waals surface area contributed by atoms with Crippen LogP contribution >= 0.6 is 15.9 Å². The minimum absolute atomic E-state index is 0.396. The fourth-order valence-corrected chi connectivity index (χ4v) is 4.40. The second-order valence-corrected chi connectivity index (χ2v) is 6.95. The van der Waals surface area contributed by atoms with Gasteiger partial charge in [-0.2, -0.15) is 0 Å². The first-order chi connectivity index (χ1) is 9.15. The van der Waals surface area contributed by atoms with E-state index in [-0.39, 0.29) is 0 Å². The van der Waals surface area contributed by atoms with Crippen LogP contribution in [0.2, 0.25) is 0 Å². The van der Waals surface area contributed by atoms with Crippen molar-refractivity contribution in [1.82, 2.24) is 5.32 Å². The monoisotopic (exact) mass is 323 g/mol. The van der Waals surface area contributed by atoms with Gasteiger partial charge in [0.15, 0.2) is 0 Å². The molecule has 2 nitrogen and oxygen atoms in total. The number of hydrogen-bond donors (Lipinski definition) is 1. The molecule has 0 bridgehead atoms. The van der Waals surface area contributed by atoms with E-state index >= 15 is 0 Å². The van der Waals surface area contributed by atoms with Crippen LogP contribution in [-0.2, 0) is 0 Å². The number of benzene rings is 1. The SMILES string of the molecule is CNC1CC(Oc2ccc(Br)cc2C)C12CCCC2. The van der Waals surface area contributed by atoms with Gasteiger partial charge >= 0.3 is 0 Å². The molecular weight excluding hydrogens is 302 g/mol. The lowest BCUT2D eigenvalue weighted by molar-refractivity contribution is -0.0739. The van der Waals surface area contributed by atoms with Gasteiger partial charge in [0.1, 0.15) is 11.9 Å². The first-order valence-corrected chi connectivity index (χ1v) is 8.05. The molecule has 3 heteroatoms. The molecule has 1 N–H and O–H groups in total. The highest BCUT2D eigenvalue weighted by Crippen LogP contribution is 2.54. The highest BCUT2D eigenvalue weighted by Gasteiger charge is 2.57. The van der Waals surface area contributed by atoms with Crippen LogP contribution in [0.15, 0.2) is 22.7 Å². The van der Waals surface area contributed by atoms with Gasteiger partial charge in [-0.05, 0) is 50.6 Å². The molecule has 2 aliphatic rings. The average Bonchev–Trinajstić information content (AvgIpc) is 2.88. The maximum atomic E-state index is 6.35. The van der Waals surface area contributed by atoms with Gasteiger partial charge in [-0.1, -0.05) is 28.8 Å². The van der Waals surface area contributed by atoms with Crippen molar-refractivity contribution in [3.8, 4) is 5.75 Å². The Bertz CT molecular complexity index is 468. The maximum Gasteiger partial charge on any atom is 0.122 e. The summed E-state index contributed by atoms with van der Waals surface area (Å²) >= 11 is 3.51. The van der Waals surface area contributed by atoms with Crippen LogP contribution in [0.3, 0.4) is 0 Å². The highest BCUT2D eigenvalue weighted by molar-refractivity contribution is 9.10. The second kappa shape index (κ2) is 5.10. The van der Waals surface area contributed by atoms with E-state index in [0.29, 0.717) is 17.6 Å². The fraction of sp³-hybridized carbons (Fsp3) is 0.625. The van der Waals surface area contributed by atoms with Gasteiger partial charge in [0, 0.05) is 22.4 Å². The Labute approximate surface area is 124 Å². The summed E-state index contributed by atoms with van der Waals surface area (Å²) in [6.45, 7) is 2.12. The van der Waals surface area contributed by atoms with E-state index in [1.807, 2.05) is 0 Å². The Morgan fingerprint density at radius 2 is 2.05 bits per heavy atom. The van der Waals surface area contributed by atoms with Crippen molar-refractivity contribution in [1.29, 1.82) is 0 Å². The van der Waals surface area contributed by atoms with Crippen LogP contribution in [0.25, 0.3) is 0 Å². The van der Waals surface area contributed by atoms with Crippen molar-refractivity contribution in [2.24, 2.45) is 5.41 Å². The van der Waals surface area contributed by atoms with Gasteiger partial charge in [-0.3, -0.25) is 0 Å². The van der Waals surface area contributed by atoms with Crippen molar-refractivity contribution in [2.45, 2.75) is 51.2 Å². The molecule has 0 amide bonds. The van der Waals surface area contributed by atoms with E-state index in [1.165, 1.54) is 31.2 Å². The molecule has 2 fully saturated rings. The summed E-state index contributed by atoms with van der Waals surface area (Å²) in [4.78, 5) is 0. The molecule has 2 aliphatic carbocycles. The minimum atomic E-state index is 0.396. The van der Waals surface area contributed by atoms with Crippen LogP contribution in [0.1, 0.15) is 37.7 Å². The Morgan fingerprint density at radius 1 is 1.32 bits per heavy atom. The smallest absolute Gasteiger partial charge is 0.122 e. The number of rotatable bonds is 3. The summed E-state index contributed by atoms with van der Waals surface area (Å²) < 4.78 is 7.47. The topological polar surface area (TPSA) is 21.3 Å². The van der Waals surface area contributed by atoms with E-state index in [2.05, 4.69) is 53.4 Å².